The Hall–Kier alpha value is -0.900. The van der Waals surface area contributed by atoms with Gasteiger partial charge < -0.3 is 9.84 Å². The Morgan fingerprint density at radius 2 is 2.06 bits per heavy atom. The quantitative estimate of drug-likeness (QED) is 0.884. The van der Waals surface area contributed by atoms with Crippen molar-refractivity contribution < 1.29 is 4.52 Å². The summed E-state index contributed by atoms with van der Waals surface area (Å²) in [5.74, 6) is 6.12. The molecule has 0 radical (unpaired) electrons. The van der Waals surface area contributed by atoms with Crippen LogP contribution in [0, 0.1) is 23.7 Å². The Balaban J connectivity index is 1.47. The molecule has 3 saturated carbocycles. The summed E-state index contributed by atoms with van der Waals surface area (Å²) in [7, 11) is 1.97. The highest BCUT2D eigenvalue weighted by molar-refractivity contribution is 5.22. The van der Waals surface area contributed by atoms with Gasteiger partial charge in [-0.1, -0.05) is 5.16 Å². The minimum absolute atomic E-state index is 0.408. The van der Waals surface area contributed by atoms with Gasteiger partial charge in [0.25, 0.3) is 0 Å². The molecule has 4 nitrogen and oxygen atoms in total. The summed E-state index contributed by atoms with van der Waals surface area (Å²) in [4.78, 5) is 4.62. The van der Waals surface area contributed by atoms with Gasteiger partial charge in [-0.15, -0.1) is 0 Å². The van der Waals surface area contributed by atoms with Crippen LogP contribution in [0.4, 0.5) is 0 Å². The smallest absolute Gasteiger partial charge is 0.230 e. The third kappa shape index (κ3) is 1.48. The van der Waals surface area contributed by atoms with E-state index in [2.05, 4.69) is 22.4 Å². The molecule has 0 saturated heterocycles. The summed E-state index contributed by atoms with van der Waals surface area (Å²) in [5, 5.41) is 7.35. The van der Waals surface area contributed by atoms with Gasteiger partial charge in [0.05, 0.1) is 0 Å². The molecule has 5 unspecified atom stereocenters. The lowest BCUT2D eigenvalue weighted by Crippen LogP contribution is -2.24. The highest BCUT2D eigenvalue weighted by Crippen LogP contribution is 2.72. The predicted molar refractivity (Wildman–Crippen MR) is 67.1 cm³/mol. The van der Waals surface area contributed by atoms with Crippen molar-refractivity contribution in [1.82, 2.24) is 15.5 Å². The number of nitrogens with one attached hydrogen (secondary N) is 1. The minimum atomic E-state index is 0.408. The Morgan fingerprint density at radius 1 is 1.33 bits per heavy atom. The van der Waals surface area contributed by atoms with Crippen LogP contribution in [0.1, 0.15) is 43.8 Å². The van der Waals surface area contributed by atoms with Crippen LogP contribution in [0.25, 0.3) is 0 Å². The van der Waals surface area contributed by atoms with Crippen LogP contribution in [-0.2, 0) is 6.42 Å². The second-order valence-electron chi connectivity index (χ2n) is 6.46. The first-order chi connectivity index (χ1) is 8.78. The maximum atomic E-state index is 5.51. The summed E-state index contributed by atoms with van der Waals surface area (Å²) in [6.45, 7) is 2.14. The van der Waals surface area contributed by atoms with E-state index in [9.17, 15) is 0 Å². The van der Waals surface area contributed by atoms with Crippen molar-refractivity contribution in [1.29, 1.82) is 0 Å². The van der Waals surface area contributed by atoms with Gasteiger partial charge in [0.1, 0.15) is 0 Å². The van der Waals surface area contributed by atoms with Crippen molar-refractivity contribution in [3.05, 3.63) is 11.7 Å². The van der Waals surface area contributed by atoms with E-state index in [0.717, 1.165) is 41.8 Å². The van der Waals surface area contributed by atoms with Crippen LogP contribution >= 0.6 is 0 Å². The highest BCUT2D eigenvalue weighted by atomic mass is 16.5. The topological polar surface area (TPSA) is 51.0 Å². The zero-order valence-electron chi connectivity index (χ0n) is 11.1. The number of likely N-dealkylation sites (N-methyl/N-ethyl adjacent to an activating group) is 1. The molecule has 2 bridgehead atoms. The fourth-order valence-corrected chi connectivity index (χ4v) is 4.52. The molecule has 1 aromatic heterocycles. The normalized spacial score (nSPS) is 42.0. The van der Waals surface area contributed by atoms with E-state index in [1.54, 1.807) is 0 Å². The summed E-state index contributed by atoms with van der Waals surface area (Å²) < 4.78 is 5.51. The lowest BCUT2D eigenvalue weighted by atomic mass is 10.0. The van der Waals surface area contributed by atoms with Crippen molar-refractivity contribution in [3.8, 4) is 0 Å². The molecular formula is C14H21N3O. The number of rotatable bonds is 4. The minimum Gasteiger partial charge on any atom is -0.339 e. The van der Waals surface area contributed by atoms with Gasteiger partial charge in [0.15, 0.2) is 5.82 Å². The van der Waals surface area contributed by atoms with Crippen LogP contribution < -0.4 is 5.32 Å². The molecule has 1 aromatic rings. The van der Waals surface area contributed by atoms with Gasteiger partial charge in [-0.2, -0.15) is 4.98 Å². The largest absolute Gasteiger partial charge is 0.339 e. The Labute approximate surface area is 108 Å². The number of hydrogen-bond donors (Lipinski definition) is 1. The van der Waals surface area contributed by atoms with Gasteiger partial charge in [-0.25, -0.2) is 0 Å². The van der Waals surface area contributed by atoms with E-state index in [1.165, 1.54) is 19.3 Å². The molecule has 18 heavy (non-hydrogen) atoms. The molecule has 3 aliphatic rings. The number of aromatic nitrogens is 2. The van der Waals surface area contributed by atoms with Gasteiger partial charge in [0, 0.05) is 18.4 Å². The lowest BCUT2D eigenvalue weighted by molar-refractivity contribution is 0.351. The highest BCUT2D eigenvalue weighted by Gasteiger charge is 2.67. The third-order valence-corrected chi connectivity index (χ3v) is 5.49. The first kappa shape index (κ1) is 11.0. The molecule has 1 N–H and O–H groups in total. The number of nitrogens with zero attached hydrogens (tertiary/aromatic N) is 2. The molecule has 0 aliphatic heterocycles. The summed E-state index contributed by atoms with van der Waals surface area (Å²) in [6, 6.07) is 0.408. The first-order valence-electron chi connectivity index (χ1n) is 7.27. The molecule has 3 aliphatic carbocycles. The average Bonchev–Trinajstić information content (AvgIpc) is 2.77. The van der Waals surface area contributed by atoms with Crippen molar-refractivity contribution in [2.75, 3.05) is 7.05 Å². The van der Waals surface area contributed by atoms with Crippen LogP contribution in [0.3, 0.4) is 0 Å². The number of fused-ring (bicyclic) bond motifs is 5. The van der Waals surface area contributed by atoms with Gasteiger partial charge >= 0.3 is 0 Å². The fourth-order valence-electron chi connectivity index (χ4n) is 4.52. The maximum Gasteiger partial charge on any atom is 0.230 e. The van der Waals surface area contributed by atoms with Crippen molar-refractivity contribution >= 4 is 0 Å². The van der Waals surface area contributed by atoms with Crippen molar-refractivity contribution in [2.24, 2.45) is 23.7 Å². The summed E-state index contributed by atoms with van der Waals surface area (Å²) in [6.07, 6.45) is 5.22. The van der Waals surface area contributed by atoms with Crippen molar-refractivity contribution in [2.45, 2.75) is 44.6 Å². The SMILES string of the molecule is CNC(C)Cc1noc(C2C3C4CCC(C4)C23)n1. The third-order valence-electron chi connectivity index (χ3n) is 5.49. The molecule has 5 atom stereocenters. The lowest BCUT2D eigenvalue weighted by Gasteiger charge is -2.05. The second-order valence-corrected chi connectivity index (χ2v) is 6.46. The van der Waals surface area contributed by atoms with Crippen LogP contribution in [-0.4, -0.2) is 23.2 Å². The van der Waals surface area contributed by atoms with E-state index in [1.807, 2.05) is 7.05 Å². The van der Waals surface area contributed by atoms with E-state index >= 15 is 0 Å². The zero-order chi connectivity index (χ0) is 12.3. The molecular weight excluding hydrogens is 226 g/mol. The molecule has 0 spiro atoms. The molecule has 4 rings (SSSR count). The molecule has 98 valence electrons. The second kappa shape index (κ2) is 3.80. The van der Waals surface area contributed by atoms with Crippen LogP contribution in [0.15, 0.2) is 4.52 Å². The standard InChI is InChI=1S/C14H21N3O/c1-7(15-2)5-10-16-14(18-17-10)13-11-8-3-4-9(6-8)12(11)13/h7-9,11-13,15H,3-6H2,1-2H3. The van der Waals surface area contributed by atoms with E-state index in [0.29, 0.717) is 12.0 Å². The van der Waals surface area contributed by atoms with Gasteiger partial charge in [-0.3, -0.25) is 0 Å². The molecule has 0 aromatic carbocycles. The Bertz CT molecular complexity index is 442. The monoisotopic (exact) mass is 247 g/mol. The van der Waals surface area contributed by atoms with Crippen molar-refractivity contribution in [3.63, 3.8) is 0 Å². The van der Waals surface area contributed by atoms with Gasteiger partial charge in [0.2, 0.25) is 5.89 Å². The van der Waals surface area contributed by atoms with E-state index in [4.69, 9.17) is 4.52 Å². The Kier molecular flexibility index (Phi) is 2.31. The average molecular weight is 247 g/mol. The summed E-state index contributed by atoms with van der Waals surface area (Å²) >= 11 is 0. The molecule has 0 amide bonds. The number of hydrogen-bond acceptors (Lipinski definition) is 4. The molecule has 3 fully saturated rings. The first-order valence-corrected chi connectivity index (χ1v) is 7.27. The van der Waals surface area contributed by atoms with Crippen LogP contribution in [0.5, 0.6) is 0 Å². The van der Waals surface area contributed by atoms with Gasteiger partial charge in [-0.05, 0) is 56.9 Å². The fraction of sp³-hybridized carbons (Fsp3) is 0.857. The van der Waals surface area contributed by atoms with E-state index in [-0.39, 0.29) is 0 Å². The maximum absolute atomic E-state index is 5.51. The molecule has 1 heterocycles. The molecule has 4 heteroatoms. The zero-order valence-corrected chi connectivity index (χ0v) is 11.1. The Morgan fingerprint density at radius 3 is 2.72 bits per heavy atom. The summed E-state index contributed by atoms with van der Waals surface area (Å²) in [5.41, 5.74) is 0. The van der Waals surface area contributed by atoms with E-state index < -0.39 is 0 Å². The van der Waals surface area contributed by atoms with Crippen LogP contribution in [0.2, 0.25) is 0 Å². The predicted octanol–water partition coefficient (Wildman–Crippen LogP) is 1.98.